The molecule has 0 unspecified atom stereocenters. The van der Waals surface area contributed by atoms with Crippen molar-refractivity contribution in [3.8, 4) is 0 Å². The van der Waals surface area contributed by atoms with E-state index in [1.165, 1.54) is 7.11 Å². The molecule has 2 aromatic rings. The van der Waals surface area contributed by atoms with Gasteiger partial charge in [0.1, 0.15) is 0 Å². The Morgan fingerprint density at radius 1 is 1.44 bits per heavy atom. The van der Waals surface area contributed by atoms with Crippen LogP contribution in [0.2, 0.25) is 0 Å². The molecule has 94 valence electrons. The predicted molar refractivity (Wildman–Crippen MR) is 65.1 cm³/mol. The van der Waals surface area contributed by atoms with Crippen molar-refractivity contribution in [1.82, 2.24) is 15.3 Å². The maximum Gasteiger partial charge on any atom is 0.307 e. The number of methoxy groups -OCH3 is 1. The first-order valence-electron chi connectivity index (χ1n) is 5.49. The van der Waals surface area contributed by atoms with Crippen LogP contribution < -0.4 is 5.32 Å². The molecular weight excluding hydrogens is 234 g/mol. The zero-order chi connectivity index (χ0) is 13.0. The quantitative estimate of drug-likeness (QED) is 0.785. The number of amides is 1. The lowest BCUT2D eigenvalue weighted by Crippen LogP contribution is -2.26. The van der Waals surface area contributed by atoms with Gasteiger partial charge in [-0.1, -0.05) is 0 Å². The number of aromatic nitrogens is 2. The molecule has 0 aliphatic carbocycles. The van der Waals surface area contributed by atoms with Crippen LogP contribution in [0, 0.1) is 0 Å². The van der Waals surface area contributed by atoms with Crippen molar-refractivity contribution in [3.63, 3.8) is 0 Å². The second kappa shape index (κ2) is 5.31. The maximum atomic E-state index is 11.8. The average molecular weight is 247 g/mol. The number of aromatic amines is 1. The van der Waals surface area contributed by atoms with Gasteiger partial charge in [0.15, 0.2) is 0 Å². The third kappa shape index (κ3) is 2.65. The van der Waals surface area contributed by atoms with Gasteiger partial charge >= 0.3 is 5.97 Å². The average Bonchev–Trinajstić information content (AvgIpc) is 2.85. The van der Waals surface area contributed by atoms with Crippen molar-refractivity contribution in [2.45, 2.75) is 6.42 Å². The van der Waals surface area contributed by atoms with Gasteiger partial charge in [0, 0.05) is 12.1 Å². The van der Waals surface area contributed by atoms with Gasteiger partial charge < -0.3 is 15.0 Å². The number of hydrogen-bond acceptors (Lipinski definition) is 4. The molecule has 1 aromatic carbocycles. The molecule has 1 aromatic heterocycles. The minimum absolute atomic E-state index is 0.161. The SMILES string of the molecule is COC(=O)CCNC(=O)c1ccc2nc[nH]c2c1. The number of rotatable bonds is 4. The lowest BCUT2D eigenvalue weighted by atomic mass is 10.2. The summed E-state index contributed by atoms with van der Waals surface area (Å²) >= 11 is 0. The van der Waals surface area contributed by atoms with Crippen LogP contribution in [0.1, 0.15) is 16.8 Å². The van der Waals surface area contributed by atoms with E-state index in [1.807, 2.05) is 0 Å². The Morgan fingerprint density at radius 2 is 2.28 bits per heavy atom. The lowest BCUT2D eigenvalue weighted by molar-refractivity contribution is -0.140. The topological polar surface area (TPSA) is 84.1 Å². The van der Waals surface area contributed by atoms with Crippen LogP contribution in [0.4, 0.5) is 0 Å². The van der Waals surface area contributed by atoms with E-state index < -0.39 is 0 Å². The van der Waals surface area contributed by atoms with Gasteiger partial charge in [0.25, 0.3) is 5.91 Å². The van der Waals surface area contributed by atoms with Crippen LogP contribution in [-0.4, -0.2) is 35.5 Å². The third-order valence-electron chi connectivity index (χ3n) is 2.52. The summed E-state index contributed by atoms with van der Waals surface area (Å²) in [5.41, 5.74) is 2.13. The molecule has 1 amide bonds. The number of imidazole rings is 1. The number of fused-ring (bicyclic) bond motifs is 1. The van der Waals surface area contributed by atoms with Crippen LogP contribution >= 0.6 is 0 Å². The van der Waals surface area contributed by atoms with Crippen LogP contribution in [0.5, 0.6) is 0 Å². The highest BCUT2D eigenvalue weighted by Crippen LogP contribution is 2.11. The minimum atomic E-state index is -0.348. The van der Waals surface area contributed by atoms with E-state index in [1.54, 1.807) is 24.5 Å². The number of hydrogen-bond donors (Lipinski definition) is 2. The molecule has 2 N–H and O–H groups in total. The number of carbonyl (C=O) groups is 2. The molecule has 2 rings (SSSR count). The summed E-state index contributed by atoms with van der Waals surface area (Å²) in [6.45, 7) is 0.256. The van der Waals surface area contributed by atoms with Crippen molar-refractivity contribution < 1.29 is 14.3 Å². The molecule has 0 aliphatic rings. The molecule has 0 spiro atoms. The fourth-order valence-electron chi connectivity index (χ4n) is 1.56. The summed E-state index contributed by atoms with van der Waals surface area (Å²) in [4.78, 5) is 29.7. The van der Waals surface area contributed by atoms with Gasteiger partial charge in [-0.3, -0.25) is 9.59 Å². The van der Waals surface area contributed by atoms with Gasteiger partial charge in [-0.05, 0) is 18.2 Å². The molecule has 0 bridgehead atoms. The Kier molecular flexibility index (Phi) is 3.57. The molecule has 0 saturated carbocycles. The van der Waals surface area contributed by atoms with Gasteiger partial charge in [-0.2, -0.15) is 0 Å². The smallest absolute Gasteiger partial charge is 0.307 e. The minimum Gasteiger partial charge on any atom is -0.469 e. The lowest BCUT2D eigenvalue weighted by Gasteiger charge is -2.04. The number of ether oxygens (including phenoxy) is 1. The van der Waals surface area contributed by atoms with E-state index in [9.17, 15) is 9.59 Å². The molecular formula is C12H13N3O3. The first-order chi connectivity index (χ1) is 8.70. The molecule has 6 nitrogen and oxygen atoms in total. The van der Waals surface area contributed by atoms with E-state index in [0.717, 1.165) is 11.0 Å². The first-order valence-corrected chi connectivity index (χ1v) is 5.49. The van der Waals surface area contributed by atoms with E-state index in [2.05, 4.69) is 20.0 Å². The Bertz CT molecular complexity index is 577. The second-order valence-corrected chi connectivity index (χ2v) is 3.72. The van der Waals surface area contributed by atoms with Crippen LogP contribution in [0.15, 0.2) is 24.5 Å². The zero-order valence-electron chi connectivity index (χ0n) is 9.90. The van der Waals surface area contributed by atoms with E-state index >= 15 is 0 Å². The van der Waals surface area contributed by atoms with Crippen molar-refractivity contribution in [2.75, 3.05) is 13.7 Å². The molecule has 18 heavy (non-hydrogen) atoms. The first kappa shape index (κ1) is 12.1. The molecule has 0 radical (unpaired) electrons. The van der Waals surface area contributed by atoms with Gasteiger partial charge in [0.2, 0.25) is 0 Å². The highest BCUT2D eigenvalue weighted by Gasteiger charge is 2.08. The standard InChI is InChI=1S/C12H13N3O3/c1-18-11(16)4-5-13-12(17)8-2-3-9-10(6-8)15-7-14-9/h2-3,6-7H,4-5H2,1H3,(H,13,17)(H,14,15). The van der Waals surface area contributed by atoms with E-state index in [-0.39, 0.29) is 24.8 Å². The molecule has 0 aliphatic heterocycles. The van der Waals surface area contributed by atoms with E-state index in [0.29, 0.717) is 5.56 Å². The van der Waals surface area contributed by atoms with Crippen LogP contribution in [0.3, 0.4) is 0 Å². The number of nitrogens with zero attached hydrogens (tertiary/aromatic N) is 1. The summed E-state index contributed by atoms with van der Waals surface area (Å²) in [5.74, 6) is -0.574. The van der Waals surface area contributed by atoms with Crippen molar-refractivity contribution in [1.29, 1.82) is 0 Å². The van der Waals surface area contributed by atoms with Crippen LogP contribution in [-0.2, 0) is 9.53 Å². The highest BCUT2D eigenvalue weighted by atomic mass is 16.5. The van der Waals surface area contributed by atoms with Crippen molar-refractivity contribution in [2.24, 2.45) is 0 Å². The van der Waals surface area contributed by atoms with Gasteiger partial charge in [0.05, 0.1) is 30.9 Å². The number of H-pyrrole nitrogens is 1. The molecule has 1 heterocycles. The second-order valence-electron chi connectivity index (χ2n) is 3.72. The molecule has 0 fully saturated rings. The van der Waals surface area contributed by atoms with Crippen molar-refractivity contribution in [3.05, 3.63) is 30.1 Å². The summed E-state index contributed by atoms with van der Waals surface area (Å²) < 4.78 is 4.48. The van der Waals surface area contributed by atoms with E-state index in [4.69, 9.17) is 0 Å². The number of esters is 1. The Labute approximate surface area is 103 Å². The van der Waals surface area contributed by atoms with Gasteiger partial charge in [-0.15, -0.1) is 0 Å². The van der Waals surface area contributed by atoms with Gasteiger partial charge in [-0.25, -0.2) is 4.98 Å². The van der Waals surface area contributed by atoms with Crippen LogP contribution in [0.25, 0.3) is 11.0 Å². The highest BCUT2D eigenvalue weighted by molar-refractivity contribution is 5.97. The normalized spacial score (nSPS) is 10.3. The molecule has 0 saturated heterocycles. The largest absolute Gasteiger partial charge is 0.469 e. The Balaban J connectivity index is 1.97. The summed E-state index contributed by atoms with van der Waals surface area (Å²) in [5, 5.41) is 2.65. The zero-order valence-corrected chi connectivity index (χ0v) is 9.90. The monoisotopic (exact) mass is 247 g/mol. The Hall–Kier alpha value is -2.37. The number of benzene rings is 1. The fourth-order valence-corrected chi connectivity index (χ4v) is 1.56. The summed E-state index contributed by atoms with van der Waals surface area (Å²) in [6.07, 6.45) is 1.73. The third-order valence-corrected chi connectivity index (χ3v) is 2.52. The maximum absolute atomic E-state index is 11.8. The summed E-state index contributed by atoms with van der Waals surface area (Å²) in [7, 11) is 1.32. The number of nitrogens with one attached hydrogen (secondary N) is 2. The molecule has 0 atom stereocenters. The fraction of sp³-hybridized carbons (Fsp3) is 0.250. The molecule has 6 heteroatoms. The Morgan fingerprint density at radius 3 is 3.06 bits per heavy atom. The predicted octanol–water partition coefficient (Wildman–Crippen LogP) is 0.856. The van der Waals surface area contributed by atoms with Crippen molar-refractivity contribution >= 4 is 22.9 Å². The summed E-state index contributed by atoms with van der Waals surface area (Å²) in [6, 6.07) is 5.17. The number of carbonyl (C=O) groups excluding carboxylic acids is 2.